The summed E-state index contributed by atoms with van der Waals surface area (Å²) in [6.07, 6.45) is 2.88. The van der Waals surface area contributed by atoms with E-state index in [2.05, 4.69) is 33.7 Å². The first-order valence-electron chi connectivity index (χ1n) is 8.68. The van der Waals surface area contributed by atoms with Gasteiger partial charge in [0.2, 0.25) is 5.91 Å². The predicted molar refractivity (Wildman–Crippen MR) is 90.0 cm³/mol. The lowest BCUT2D eigenvalue weighted by molar-refractivity contribution is -0.121. The molecule has 2 fully saturated rings. The molecule has 5 heteroatoms. The minimum atomic E-state index is 0.144. The van der Waals surface area contributed by atoms with Gasteiger partial charge in [0.1, 0.15) is 0 Å². The molecule has 3 rings (SSSR count). The summed E-state index contributed by atoms with van der Waals surface area (Å²) >= 11 is 0. The molecule has 126 valence electrons. The lowest BCUT2D eigenvalue weighted by Gasteiger charge is -2.27. The molecule has 0 saturated carbocycles. The van der Waals surface area contributed by atoms with Gasteiger partial charge in [0.05, 0.1) is 13.2 Å². The average Bonchev–Trinajstić information content (AvgIpc) is 3.08. The number of carbonyl (C=O) groups excluding carboxylic acids is 1. The van der Waals surface area contributed by atoms with Crippen LogP contribution in [0.4, 0.5) is 0 Å². The van der Waals surface area contributed by atoms with E-state index in [1.807, 2.05) is 6.07 Å². The molecule has 1 unspecified atom stereocenters. The number of hydrogen-bond donors (Lipinski definition) is 2. The van der Waals surface area contributed by atoms with Crippen LogP contribution in [0.15, 0.2) is 24.3 Å². The first-order valence-corrected chi connectivity index (χ1v) is 8.68. The monoisotopic (exact) mass is 317 g/mol. The van der Waals surface area contributed by atoms with Crippen LogP contribution >= 0.6 is 0 Å². The second-order valence-electron chi connectivity index (χ2n) is 6.43. The molecule has 1 atom stereocenters. The maximum absolute atomic E-state index is 12.1. The fourth-order valence-corrected chi connectivity index (χ4v) is 3.31. The fraction of sp³-hybridized carbons (Fsp3) is 0.611. The van der Waals surface area contributed by atoms with Crippen LogP contribution in [-0.2, 0) is 22.6 Å². The van der Waals surface area contributed by atoms with Crippen molar-refractivity contribution in [1.82, 2.24) is 15.5 Å². The lowest BCUT2D eigenvalue weighted by atomic mass is 10.1. The molecule has 0 radical (unpaired) electrons. The van der Waals surface area contributed by atoms with Crippen molar-refractivity contribution >= 4 is 5.91 Å². The van der Waals surface area contributed by atoms with Gasteiger partial charge in [-0.1, -0.05) is 24.3 Å². The van der Waals surface area contributed by atoms with Crippen molar-refractivity contribution in [3.8, 4) is 0 Å². The van der Waals surface area contributed by atoms with Crippen molar-refractivity contribution in [2.24, 2.45) is 0 Å². The molecule has 1 aromatic carbocycles. The Bertz CT molecular complexity index is 509. The summed E-state index contributed by atoms with van der Waals surface area (Å²) in [5, 5.41) is 6.45. The van der Waals surface area contributed by atoms with Crippen LogP contribution < -0.4 is 10.6 Å². The maximum atomic E-state index is 12.1. The van der Waals surface area contributed by atoms with Gasteiger partial charge < -0.3 is 15.4 Å². The third-order valence-electron chi connectivity index (χ3n) is 4.69. The molecule has 2 saturated heterocycles. The van der Waals surface area contributed by atoms with E-state index in [4.69, 9.17) is 4.74 Å². The quantitative estimate of drug-likeness (QED) is 0.830. The number of hydrogen-bond acceptors (Lipinski definition) is 4. The van der Waals surface area contributed by atoms with Crippen LogP contribution in [0.5, 0.6) is 0 Å². The van der Waals surface area contributed by atoms with E-state index in [9.17, 15) is 4.79 Å². The molecule has 2 aliphatic heterocycles. The zero-order valence-corrected chi connectivity index (χ0v) is 13.7. The van der Waals surface area contributed by atoms with E-state index in [0.717, 1.165) is 45.8 Å². The molecular weight excluding hydrogens is 290 g/mol. The van der Waals surface area contributed by atoms with Gasteiger partial charge in [0.15, 0.2) is 0 Å². The van der Waals surface area contributed by atoms with Crippen molar-refractivity contribution in [2.45, 2.75) is 38.4 Å². The highest BCUT2D eigenvalue weighted by atomic mass is 16.5. The van der Waals surface area contributed by atoms with Crippen LogP contribution in [-0.4, -0.2) is 49.7 Å². The van der Waals surface area contributed by atoms with E-state index < -0.39 is 0 Å². The van der Waals surface area contributed by atoms with E-state index in [1.165, 1.54) is 17.5 Å². The summed E-state index contributed by atoms with van der Waals surface area (Å²) in [6, 6.07) is 8.75. The zero-order valence-electron chi connectivity index (χ0n) is 13.7. The van der Waals surface area contributed by atoms with Gasteiger partial charge in [0, 0.05) is 38.6 Å². The van der Waals surface area contributed by atoms with Crippen LogP contribution in [0.25, 0.3) is 0 Å². The number of benzene rings is 1. The minimum absolute atomic E-state index is 0.144. The first kappa shape index (κ1) is 16.4. The molecule has 2 heterocycles. The molecule has 5 nitrogen and oxygen atoms in total. The van der Waals surface area contributed by atoms with Gasteiger partial charge in [-0.25, -0.2) is 0 Å². The topological polar surface area (TPSA) is 53.6 Å². The smallest absolute Gasteiger partial charge is 0.221 e. The highest BCUT2D eigenvalue weighted by molar-refractivity contribution is 5.76. The number of amides is 1. The van der Waals surface area contributed by atoms with Crippen LogP contribution in [0.2, 0.25) is 0 Å². The Morgan fingerprint density at radius 3 is 2.78 bits per heavy atom. The van der Waals surface area contributed by atoms with E-state index >= 15 is 0 Å². The molecule has 23 heavy (non-hydrogen) atoms. The number of nitrogens with one attached hydrogen (secondary N) is 2. The van der Waals surface area contributed by atoms with E-state index in [1.54, 1.807) is 0 Å². The first-order chi connectivity index (χ1) is 11.3. The van der Waals surface area contributed by atoms with Gasteiger partial charge in [-0.3, -0.25) is 9.69 Å². The Morgan fingerprint density at radius 2 is 2.04 bits per heavy atom. The normalized spacial score (nSPS) is 22.2. The average molecular weight is 317 g/mol. The highest BCUT2D eigenvalue weighted by Crippen LogP contribution is 2.13. The zero-order chi connectivity index (χ0) is 15.9. The number of ether oxygens (including phenoxy) is 1. The second-order valence-corrected chi connectivity index (χ2v) is 6.43. The number of nitrogens with zero attached hydrogens (tertiary/aromatic N) is 1. The van der Waals surface area contributed by atoms with Crippen molar-refractivity contribution in [3.05, 3.63) is 35.4 Å². The molecule has 0 spiro atoms. The van der Waals surface area contributed by atoms with E-state index in [-0.39, 0.29) is 5.91 Å². The van der Waals surface area contributed by atoms with Gasteiger partial charge in [-0.05, 0) is 30.5 Å². The molecule has 0 bridgehead atoms. The summed E-state index contributed by atoms with van der Waals surface area (Å²) in [6.45, 7) is 6.18. The largest absolute Gasteiger partial charge is 0.379 e. The van der Waals surface area contributed by atoms with Gasteiger partial charge in [-0.15, -0.1) is 0 Å². The molecule has 2 N–H and O–H groups in total. The molecule has 1 amide bonds. The van der Waals surface area contributed by atoms with Crippen molar-refractivity contribution < 1.29 is 9.53 Å². The Morgan fingerprint density at radius 1 is 1.26 bits per heavy atom. The fourth-order valence-electron chi connectivity index (χ4n) is 3.31. The van der Waals surface area contributed by atoms with E-state index in [0.29, 0.717) is 19.0 Å². The Balaban J connectivity index is 1.51. The minimum Gasteiger partial charge on any atom is -0.379 e. The standard InChI is InChI=1S/C18H27N3O2/c22-18(12-17-6-3-7-19-17)20-13-15-4-1-2-5-16(15)14-21-8-10-23-11-9-21/h1-2,4-5,17,19H,3,6-14H2,(H,20,22). The van der Waals surface area contributed by atoms with Gasteiger partial charge >= 0.3 is 0 Å². The second kappa shape index (κ2) is 8.43. The van der Waals surface area contributed by atoms with Crippen LogP contribution in [0, 0.1) is 0 Å². The Kier molecular flexibility index (Phi) is 6.02. The Labute approximate surface area is 138 Å². The predicted octanol–water partition coefficient (Wildman–Crippen LogP) is 1.28. The molecule has 0 aromatic heterocycles. The third-order valence-corrected chi connectivity index (χ3v) is 4.69. The number of morpholine rings is 1. The molecular formula is C18H27N3O2. The maximum Gasteiger partial charge on any atom is 0.221 e. The van der Waals surface area contributed by atoms with Crippen molar-refractivity contribution in [3.63, 3.8) is 0 Å². The van der Waals surface area contributed by atoms with Crippen LogP contribution in [0.3, 0.4) is 0 Å². The highest BCUT2D eigenvalue weighted by Gasteiger charge is 2.18. The summed E-state index contributed by atoms with van der Waals surface area (Å²) < 4.78 is 5.41. The van der Waals surface area contributed by atoms with Gasteiger partial charge in [0.25, 0.3) is 0 Å². The Hall–Kier alpha value is -1.43. The van der Waals surface area contributed by atoms with Crippen molar-refractivity contribution in [2.75, 3.05) is 32.8 Å². The third kappa shape index (κ3) is 5.03. The van der Waals surface area contributed by atoms with Gasteiger partial charge in [-0.2, -0.15) is 0 Å². The molecule has 0 aliphatic carbocycles. The lowest BCUT2D eigenvalue weighted by Crippen LogP contribution is -2.36. The van der Waals surface area contributed by atoms with Crippen molar-refractivity contribution in [1.29, 1.82) is 0 Å². The summed E-state index contributed by atoms with van der Waals surface area (Å²) in [5.74, 6) is 0.144. The number of rotatable bonds is 6. The van der Waals surface area contributed by atoms with Crippen LogP contribution in [0.1, 0.15) is 30.4 Å². The summed E-state index contributed by atoms with van der Waals surface area (Å²) in [7, 11) is 0. The molecule has 1 aromatic rings. The SMILES string of the molecule is O=C(CC1CCCN1)NCc1ccccc1CN1CCOCC1. The summed E-state index contributed by atoms with van der Waals surface area (Å²) in [4.78, 5) is 14.5. The summed E-state index contributed by atoms with van der Waals surface area (Å²) in [5.41, 5.74) is 2.51. The number of carbonyl (C=O) groups is 1. The molecule has 2 aliphatic rings.